The second-order valence-corrected chi connectivity index (χ2v) is 6.49. The van der Waals surface area contributed by atoms with Gasteiger partial charge < -0.3 is 19.8 Å². The maximum absolute atomic E-state index is 11.6. The first-order valence-electron chi connectivity index (χ1n) is 8.27. The number of nitrogens with zero attached hydrogens (tertiary/aromatic N) is 1. The van der Waals surface area contributed by atoms with E-state index in [0.717, 1.165) is 19.0 Å². The van der Waals surface area contributed by atoms with Gasteiger partial charge in [-0.25, -0.2) is 9.79 Å². The van der Waals surface area contributed by atoms with Gasteiger partial charge in [0, 0.05) is 13.1 Å². The molecule has 144 valence electrons. The van der Waals surface area contributed by atoms with Crippen molar-refractivity contribution < 1.29 is 13.9 Å². The molecule has 2 N–H and O–H groups in total. The number of halogens is 1. The second kappa shape index (κ2) is 11.2. The Bertz CT molecular complexity index is 713. The van der Waals surface area contributed by atoms with Crippen LogP contribution in [0.25, 0.3) is 0 Å². The molecule has 0 fully saturated rings. The largest absolute Gasteiger partial charge is 0.465 e. The summed E-state index contributed by atoms with van der Waals surface area (Å²) in [4.78, 5) is 16.2. The molecule has 0 aliphatic carbocycles. The van der Waals surface area contributed by atoms with Crippen LogP contribution in [0.5, 0.6) is 0 Å². The first-order valence-corrected chi connectivity index (χ1v) is 9.21. The predicted octanol–water partition coefficient (Wildman–Crippen LogP) is 3.91. The molecule has 0 aliphatic heterocycles. The van der Waals surface area contributed by atoms with Crippen LogP contribution in [0.4, 0.5) is 0 Å². The number of hydrogen-bond acceptors (Lipinski definition) is 5. The van der Waals surface area contributed by atoms with Crippen LogP contribution in [0.2, 0.25) is 0 Å². The topological polar surface area (TPSA) is 75.9 Å². The van der Waals surface area contributed by atoms with E-state index in [0.29, 0.717) is 29.5 Å². The zero-order valence-electron chi connectivity index (χ0n) is 15.5. The minimum atomic E-state index is -0.397. The maximum atomic E-state index is 11.6. The molecule has 8 heteroatoms. The minimum Gasteiger partial charge on any atom is -0.465 e. The molecular formula is C18H26IN3O3S. The smallest absolute Gasteiger partial charge is 0.341 e. The van der Waals surface area contributed by atoms with Crippen molar-refractivity contribution in [2.24, 2.45) is 4.99 Å². The van der Waals surface area contributed by atoms with Crippen molar-refractivity contribution >= 4 is 47.2 Å². The van der Waals surface area contributed by atoms with Crippen molar-refractivity contribution in [3.05, 3.63) is 45.5 Å². The Hall–Kier alpha value is -1.55. The second-order valence-electron chi connectivity index (χ2n) is 5.71. The fourth-order valence-corrected chi connectivity index (χ4v) is 3.14. The highest BCUT2D eigenvalue weighted by Crippen LogP contribution is 2.18. The van der Waals surface area contributed by atoms with Crippen LogP contribution in [0.1, 0.15) is 47.2 Å². The van der Waals surface area contributed by atoms with Gasteiger partial charge >= 0.3 is 5.97 Å². The van der Waals surface area contributed by atoms with Gasteiger partial charge in [-0.15, -0.1) is 24.0 Å². The number of aliphatic imine (C=N–C) groups is 1. The summed E-state index contributed by atoms with van der Waals surface area (Å²) in [6, 6.07) is 3.82. The van der Waals surface area contributed by atoms with Crippen molar-refractivity contribution in [2.45, 2.75) is 33.2 Å². The molecule has 26 heavy (non-hydrogen) atoms. The molecule has 0 radical (unpaired) electrons. The number of guanidine groups is 1. The van der Waals surface area contributed by atoms with Crippen molar-refractivity contribution in [2.75, 3.05) is 20.2 Å². The average molecular weight is 491 g/mol. The van der Waals surface area contributed by atoms with Crippen LogP contribution >= 0.6 is 35.3 Å². The van der Waals surface area contributed by atoms with Gasteiger partial charge in [-0.05, 0) is 48.2 Å². The van der Waals surface area contributed by atoms with Crippen LogP contribution in [0.3, 0.4) is 0 Å². The lowest BCUT2D eigenvalue weighted by Gasteiger charge is -2.15. The van der Waals surface area contributed by atoms with Crippen molar-refractivity contribution in [3.63, 3.8) is 0 Å². The molecule has 6 nitrogen and oxygen atoms in total. The summed E-state index contributed by atoms with van der Waals surface area (Å²) < 4.78 is 10.3. The lowest BCUT2D eigenvalue weighted by molar-refractivity contribution is 0.0599. The Morgan fingerprint density at radius 1 is 1.42 bits per heavy atom. The first kappa shape index (κ1) is 22.5. The van der Waals surface area contributed by atoms with E-state index in [-0.39, 0.29) is 24.0 Å². The van der Waals surface area contributed by atoms with Gasteiger partial charge in [0.25, 0.3) is 0 Å². The van der Waals surface area contributed by atoms with Gasteiger partial charge in [-0.2, -0.15) is 11.3 Å². The summed E-state index contributed by atoms with van der Waals surface area (Å²) in [5, 5.41) is 10.8. The number of methoxy groups -OCH3 is 1. The zero-order chi connectivity index (χ0) is 18.2. The van der Waals surface area contributed by atoms with E-state index >= 15 is 0 Å². The highest BCUT2D eigenvalue weighted by molar-refractivity contribution is 14.0. The molecule has 1 atom stereocenters. The van der Waals surface area contributed by atoms with E-state index in [1.807, 2.05) is 6.92 Å². The zero-order valence-corrected chi connectivity index (χ0v) is 18.6. The molecule has 0 saturated carbocycles. The minimum absolute atomic E-state index is 0. The molecular weight excluding hydrogens is 465 g/mol. The van der Waals surface area contributed by atoms with Crippen molar-refractivity contribution in [3.8, 4) is 0 Å². The van der Waals surface area contributed by atoms with Gasteiger partial charge in [0.05, 0.1) is 7.11 Å². The number of nitrogens with one attached hydrogen (secondary N) is 2. The molecule has 0 aromatic carbocycles. The standard InChI is InChI=1S/C18H25N3O3S.HI/c1-5-19-18(20-9-12(2)14-6-7-25-11-14)21-10-15-8-16(13(3)24-15)17(22)23-4;/h6-8,11-12H,5,9-10H2,1-4H3,(H2,19,20,21);1H. The Balaban J connectivity index is 0.00000338. The SMILES string of the molecule is CCNC(=NCc1cc(C(=O)OC)c(C)o1)NCC(C)c1ccsc1.I. The Labute approximate surface area is 175 Å². The van der Waals surface area contributed by atoms with Crippen LogP contribution in [-0.2, 0) is 11.3 Å². The number of esters is 1. The quantitative estimate of drug-likeness (QED) is 0.266. The average Bonchev–Trinajstić information content (AvgIpc) is 3.26. The Morgan fingerprint density at radius 2 is 2.19 bits per heavy atom. The van der Waals surface area contributed by atoms with Crippen LogP contribution < -0.4 is 10.6 Å². The fraction of sp³-hybridized carbons (Fsp3) is 0.444. The molecule has 0 saturated heterocycles. The third-order valence-electron chi connectivity index (χ3n) is 3.80. The number of furan rings is 1. The normalized spacial score (nSPS) is 12.2. The molecule has 0 spiro atoms. The van der Waals surface area contributed by atoms with Crippen LogP contribution in [0.15, 0.2) is 32.3 Å². The molecule has 0 bridgehead atoms. The number of thiophene rings is 1. The van der Waals surface area contributed by atoms with Gasteiger partial charge in [0.15, 0.2) is 5.96 Å². The number of aryl methyl sites for hydroxylation is 1. The molecule has 2 heterocycles. The predicted molar refractivity (Wildman–Crippen MR) is 116 cm³/mol. The van der Waals surface area contributed by atoms with Crippen molar-refractivity contribution in [1.82, 2.24) is 10.6 Å². The van der Waals surface area contributed by atoms with E-state index in [4.69, 9.17) is 9.15 Å². The summed E-state index contributed by atoms with van der Waals surface area (Å²) in [5.74, 6) is 1.89. The van der Waals surface area contributed by atoms with Gasteiger partial charge in [0.2, 0.25) is 0 Å². The Kier molecular flexibility index (Phi) is 9.71. The van der Waals surface area contributed by atoms with Crippen LogP contribution in [-0.4, -0.2) is 32.1 Å². The Morgan fingerprint density at radius 3 is 2.81 bits per heavy atom. The van der Waals surface area contributed by atoms with E-state index < -0.39 is 5.97 Å². The lowest BCUT2D eigenvalue weighted by Crippen LogP contribution is -2.39. The lowest BCUT2D eigenvalue weighted by atomic mass is 10.1. The van der Waals surface area contributed by atoms with Crippen LogP contribution in [0, 0.1) is 6.92 Å². The highest BCUT2D eigenvalue weighted by atomic mass is 127. The van der Waals surface area contributed by atoms with E-state index in [2.05, 4.69) is 39.4 Å². The van der Waals surface area contributed by atoms with Gasteiger partial charge in [-0.1, -0.05) is 6.92 Å². The van der Waals surface area contributed by atoms with E-state index in [1.165, 1.54) is 12.7 Å². The highest BCUT2D eigenvalue weighted by Gasteiger charge is 2.15. The monoisotopic (exact) mass is 491 g/mol. The summed E-state index contributed by atoms with van der Waals surface area (Å²) in [6.45, 7) is 7.84. The molecule has 2 aromatic rings. The first-order chi connectivity index (χ1) is 12.0. The van der Waals surface area contributed by atoms with E-state index in [9.17, 15) is 4.79 Å². The number of rotatable bonds is 7. The fourth-order valence-electron chi connectivity index (χ4n) is 2.36. The summed E-state index contributed by atoms with van der Waals surface area (Å²) in [6.07, 6.45) is 0. The third kappa shape index (κ3) is 6.31. The number of carbonyl (C=O) groups is 1. The van der Waals surface area contributed by atoms with E-state index in [1.54, 1.807) is 24.3 Å². The summed E-state index contributed by atoms with van der Waals surface area (Å²) >= 11 is 1.70. The third-order valence-corrected chi connectivity index (χ3v) is 4.50. The molecule has 0 aliphatic rings. The number of carbonyl (C=O) groups excluding carboxylic acids is 1. The number of hydrogen-bond donors (Lipinski definition) is 2. The molecule has 2 aromatic heterocycles. The van der Waals surface area contributed by atoms with Gasteiger partial charge in [0.1, 0.15) is 23.6 Å². The number of ether oxygens (including phenoxy) is 1. The summed E-state index contributed by atoms with van der Waals surface area (Å²) in [7, 11) is 1.36. The summed E-state index contributed by atoms with van der Waals surface area (Å²) in [5.41, 5.74) is 1.76. The van der Waals surface area contributed by atoms with Gasteiger partial charge in [-0.3, -0.25) is 0 Å². The molecule has 1 unspecified atom stereocenters. The molecule has 0 amide bonds. The molecule has 2 rings (SSSR count). The maximum Gasteiger partial charge on any atom is 0.341 e. The van der Waals surface area contributed by atoms with Crippen molar-refractivity contribution in [1.29, 1.82) is 0 Å².